The molecule has 2 rings (SSSR count). The number of rotatable bonds is 2. The van der Waals surface area contributed by atoms with Gasteiger partial charge in [-0.3, -0.25) is 0 Å². The highest BCUT2D eigenvalue weighted by molar-refractivity contribution is 8.03. The van der Waals surface area contributed by atoms with Gasteiger partial charge in [0.05, 0.1) is 5.03 Å². The zero-order chi connectivity index (χ0) is 10.8. The molecule has 0 amide bonds. The zero-order valence-electron chi connectivity index (χ0n) is 9.06. The van der Waals surface area contributed by atoms with Crippen LogP contribution in [0.1, 0.15) is 17.9 Å². The molecule has 1 aliphatic rings. The van der Waals surface area contributed by atoms with E-state index in [1.165, 1.54) is 10.7 Å². The first-order chi connectivity index (χ1) is 7.18. The molecule has 1 N–H and O–H groups in total. The van der Waals surface area contributed by atoms with Crippen LogP contribution in [0, 0.1) is 0 Å². The minimum absolute atomic E-state index is 0.239. The molecule has 0 radical (unpaired) electrons. The quantitative estimate of drug-likeness (QED) is 0.822. The summed E-state index contributed by atoms with van der Waals surface area (Å²) in [5.41, 5.74) is 2.32. The highest BCUT2D eigenvalue weighted by atomic mass is 32.2. The molecule has 1 aromatic rings. The number of hydrogen-bond donors (Lipinski definition) is 1. The van der Waals surface area contributed by atoms with E-state index < -0.39 is 0 Å². The second-order valence-electron chi connectivity index (χ2n) is 3.64. The molecule has 0 aliphatic carbocycles. The predicted octanol–water partition coefficient (Wildman–Crippen LogP) is 1.56. The second-order valence-corrected chi connectivity index (χ2v) is 4.73. The summed E-state index contributed by atoms with van der Waals surface area (Å²) in [4.78, 5) is 10.2. The molecule has 0 saturated heterocycles. The van der Waals surface area contributed by atoms with E-state index in [1.807, 2.05) is 12.4 Å². The topological polar surface area (TPSA) is 41.1 Å². The molecule has 0 spiro atoms. The smallest absolute Gasteiger partial charge is 0.115 e. The number of aromatic nitrogens is 2. The summed E-state index contributed by atoms with van der Waals surface area (Å²) >= 11 is 1.79. The maximum absolute atomic E-state index is 4.03. The van der Waals surface area contributed by atoms with Crippen molar-refractivity contribution >= 4 is 11.8 Å². The van der Waals surface area contributed by atoms with Crippen LogP contribution in [0.15, 0.2) is 29.4 Å². The standard InChI is InChI=1S/C10H14N4S/c1-7-10(14(2)3)15-9(13-7)8-4-11-6-12-5-8/h4-6,9,13H,1-3H3. The van der Waals surface area contributed by atoms with Gasteiger partial charge in [-0.05, 0) is 6.92 Å². The second kappa shape index (κ2) is 4.10. The maximum atomic E-state index is 4.03. The van der Waals surface area contributed by atoms with Crippen LogP contribution < -0.4 is 5.32 Å². The van der Waals surface area contributed by atoms with E-state index in [4.69, 9.17) is 0 Å². The fourth-order valence-corrected chi connectivity index (χ4v) is 2.69. The van der Waals surface area contributed by atoms with Gasteiger partial charge < -0.3 is 10.2 Å². The van der Waals surface area contributed by atoms with Gasteiger partial charge in [0.1, 0.15) is 11.7 Å². The Morgan fingerprint density at radius 2 is 2.00 bits per heavy atom. The molecule has 1 aliphatic heterocycles. The molecule has 1 unspecified atom stereocenters. The van der Waals surface area contributed by atoms with Crippen molar-refractivity contribution in [2.45, 2.75) is 12.3 Å². The monoisotopic (exact) mass is 222 g/mol. The van der Waals surface area contributed by atoms with Crippen molar-refractivity contribution in [1.82, 2.24) is 20.2 Å². The lowest BCUT2D eigenvalue weighted by Crippen LogP contribution is -2.12. The summed E-state index contributed by atoms with van der Waals surface area (Å²) in [6.45, 7) is 2.09. The van der Waals surface area contributed by atoms with Gasteiger partial charge >= 0.3 is 0 Å². The summed E-state index contributed by atoms with van der Waals surface area (Å²) < 4.78 is 0. The lowest BCUT2D eigenvalue weighted by atomic mass is 10.3. The average Bonchev–Trinajstić information content (AvgIpc) is 2.62. The van der Waals surface area contributed by atoms with Crippen molar-refractivity contribution in [2.75, 3.05) is 14.1 Å². The molecule has 1 aromatic heterocycles. The summed E-state index contributed by atoms with van der Waals surface area (Å²) in [6, 6.07) is 0. The van der Waals surface area contributed by atoms with E-state index in [9.17, 15) is 0 Å². The Labute approximate surface area is 93.8 Å². The fraction of sp³-hybridized carbons (Fsp3) is 0.400. The average molecular weight is 222 g/mol. The van der Waals surface area contributed by atoms with Gasteiger partial charge in [-0.1, -0.05) is 11.8 Å². The molecule has 5 heteroatoms. The minimum Gasteiger partial charge on any atom is -0.371 e. The van der Waals surface area contributed by atoms with Gasteiger partial charge in [-0.15, -0.1) is 0 Å². The Bertz CT molecular complexity index is 374. The molecule has 0 bridgehead atoms. The molecule has 80 valence electrons. The number of nitrogens with zero attached hydrogens (tertiary/aromatic N) is 3. The first kappa shape index (κ1) is 10.3. The molecule has 0 fully saturated rings. The highest BCUT2D eigenvalue weighted by Gasteiger charge is 2.24. The number of thioether (sulfide) groups is 1. The highest BCUT2D eigenvalue weighted by Crippen LogP contribution is 2.40. The lowest BCUT2D eigenvalue weighted by molar-refractivity contribution is 0.543. The van der Waals surface area contributed by atoms with E-state index in [-0.39, 0.29) is 5.37 Å². The van der Waals surface area contributed by atoms with Crippen molar-refractivity contribution in [2.24, 2.45) is 0 Å². The SMILES string of the molecule is CC1=C(N(C)C)SC(c2cncnc2)N1. The van der Waals surface area contributed by atoms with Crippen LogP contribution in [0.25, 0.3) is 0 Å². The number of hydrogen-bond acceptors (Lipinski definition) is 5. The Balaban J connectivity index is 2.14. The molecular formula is C10H14N4S. The molecule has 0 aromatic carbocycles. The van der Waals surface area contributed by atoms with Crippen molar-refractivity contribution in [3.63, 3.8) is 0 Å². The van der Waals surface area contributed by atoms with Crippen LogP contribution in [0.5, 0.6) is 0 Å². The Morgan fingerprint density at radius 3 is 2.53 bits per heavy atom. The Morgan fingerprint density at radius 1 is 1.33 bits per heavy atom. The van der Waals surface area contributed by atoms with E-state index in [0.717, 1.165) is 5.56 Å². The van der Waals surface area contributed by atoms with E-state index in [1.54, 1.807) is 18.1 Å². The third-order valence-electron chi connectivity index (χ3n) is 2.19. The first-order valence-corrected chi connectivity index (χ1v) is 5.63. The van der Waals surface area contributed by atoms with Crippen molar-refractivity contribution in [3.05, 3.63) is 35.0 Å². The molecule has 2 heterocycles. The zero-order valence-corrected chi connectivity index (χ0v) is 9.88. The maximum Gasteiger partial charge on any atom is 0.115 e. The molecule has 1 atom stereocenters. The van der Waals surface area contributed by atoms with Crippen LogP contribution in [0.3, 0.4) is 0 Å². The van der Waals surface area contributed by atoms with E-state index in [2.05, 4.69) is 41.2 Å². The van der Waals surface area contributed by atoms with Crippen LogP contribution in [-0.2, 0) is 0 Å². The minimum atomic E-state index is 0.239. The van der Waals surface area contributed by atoms with Gasteiger partial charge in [0.15, 0.2) is 0 Å². The third kappa shape index (κ3) is 2.07. The lowest BCUT2D eigenvalue weighted by Gasteiger charge is -2.14. The van der Waals surface area contributed by atoms with Crippen LogP contribution in [-0.4, -0.2) is 29.0 Å². The molecular weight excluding hydrogens is 208 g/mol. The van der Waals surface area contributed by atoms with Gasteiger partial charge in [-0.2, -0.15) is 0 Å². The Hall–Kier alpha value is -1.23. The molecule has 15 heavy (non-hydrogen) atoms. The summed E-state index contributed by atoms with van der Waals surface area (Å²) in [7, 11) is 4.11. The summed E-state index contributed by atoms with van der Waals surface area (Å²) in [5, 5.41) is 4.93. The first-order valence-electron chi connectivity index (χ1n) is 4.75. The van der Waals surface area contributed by atoms with E-state index in [0.29, 0.717) is 0 Å². The predicted molar refractivity (Wildman–Crippen MR) is 61.9 cm³/mol. The number of nitrogens with one attached hydrogen (secondary N) is 1. The molecule has 4 nitrogen and oxygen atoms in total. The summed E-state index contributed by atoms with van der Waals surface area (Å²) in [6.07, 6.45) is 5.25. The largest absolute Gasteiger partial charge is 0.371 e. The third-order valence-corrected chi connectivity index (χ3v) is 3.71. The Kier molecular flexibility index (Phi) is 2.81. The number of allylic oxidation sites excluding steroid dienone is 1. The van der Waals surface area contributed by atoms with Crippen LogP contribution >= 0.6 is 11.8 Å². The van der Waals surface area contributed by atoms with Crippen LogP contribution in [0.2, 0.25) is 0 Å². The van der Waals surface area contributed by atoms with Gasteiger partial charge in [0.2, 0.25) is 0 Å². The summed E-state index contributed by atoms with van der Waals surface area (Å²) in [5.74, 6) is 0. The normalized spacial score (nSPS) is 20.3. The van der Waals surface area contributed by atoms with Crippen molar-refractivity contribution in [1.29, 1.82) is 0 Å². The fourth-order valence-electron chi connectivity index (χ4n) is 1.53. The van der Waals surface area contributed by atoms with Gasteiger partial charge in [0.25, 0.3) is 0 Å². The molecule has 0 saturated carbocycles. The van der Waals surface area contributed by atoms with Gasteiger partial charge in [0, 0.05) is 37.7 Å². The van der Waals surface area contributed by atoms with Crippen molar-refractivity contribution < 1.29 is 0 Å². The van der Waals surface area contributed by atoms with Crippen LogP contribution in [0.4, 0.5) is 0 Å². The van der Waals surface area contributed by atoms with Crippen molar-refractivity contribution in [3.8, 4) is 0 Å². The van der Waals surface area contributed by atoms with E-state index >= 15 is 0 Å². The van der Waals surface area contributed by atoms with Gasteiger partial charge in [-0.25, -0.2) is 9.97 Å².